The third kappa shape index (κ3) is 4.79. The fourth-order valence-electron chi connectivity index (χ4n) is 2.49. The molecule has 130 valence electrons. The van der Waals surface area contributed by atoms with Crippen LogP contribution in [-0.4, -0.2) is 35.7 Å². The monoisotopic (exact) mass is 333 g/mol. The number of carbonyl (C=O) groups excluding carboxylic acids is 1. The highest BCUT2D eigenvalue weighted by Gasteiger charge is 2.07. The first kappa shape index (κ1) is 17.9. The predicted molar refractivity (Wildman–Crippen MR) is 92.2 cm³/mol. The zero-order valence-electron chi connectivity index (χ0n) is 13.8. The molecule has 1 aromatic heterocycles. The molecule has 0 aliphatic heterocycles. The number of ether oxygens (including phenoxy) is 1. The van der Waals surface area contributed by atoms with Gasteiger partial charge in [0.25, 0.3) is 5.56 Å². The smallest absolute Gasteiger partial charge is 0.328 e. The first-order chi connectivity index (χ1) is 11.6. The number of H-pyrrole nitrogens is 1. The van der Waals surface area contributed by atoms with Crippen LogP contribution in [0.4, 0.5) is 0 Å². The van der Waals surface area contributed by atoms with Gasteiger partial charge in [0, 0.05) is 33.2 Å². The number of fused-ring (bicyclic) bond motifs is 1. The van der Waals surface area contributed by atoms with Crippen molar-refractivity contribution in [3.8, 4) is 0 Å². The second kappa shape index (κ2) is 9.02. The van der Waals surface area contributed by atoms with Crippen molar-refractivity contribution in [2.75, 3.05) is 20.3 Å². The molecule has 0 bridgehead atoms. The van der Waals surface area contributed by atoms with Gasteiger partial charge >= 0.3 is 5.69 Å². The minimum Gasteiger partial charge on any atom is -0.385 e. The van der Waals surface area contributed by atoms with Gasteiger partial charge in [-0.25, -0.2) is 4.79 Å². The van der Waals surface area contributed by atoms with E-state index in [1.54, 1.807) is 31.4 Å². The van der Waals surface area contributed by atoms with E-state index in [1.165, 1.54) is 4.57 Å². The molecule has 0 spiro atoms. The third-order valence-corrected chi connectivity index (χ3v) is 3.77. The molecule has 0 unspecified atom stereocenters. The lowest BCUT2D eigenvalue weighted by Gasteiger charge is -2.07. The predicted octanol–water partition coefficient (Wildman–Crippen LogP) is 1.01. The zero-order chi connectivity index (χ0) is 17.4. The summed E-state index contributed by atoms with van der Waals surface area (Å²) < 4.78 is 6.10. The summed E-state index contributed by atoms with van der Waals surface area (Å²) in [7, 11) is 1.62. The number of unbranched alkanes of at least 4 members (excludes halogenated alkanes) is 1. The molecule has 0 aliphatic carbocycles. The summed E-state index contributed by atoms with van der Waals surface area (Å²) in [4.78, 5) is 38.7. The Kier molecular flexibility index (Phi) is 6.74. The summed E-state index contributed by atoms with van der Waals surface area (Å²) in [5.41, 5.74) is -0.166. The van der Waals surface area contributed by atoms with Crippen LogP contribution in [0.15, 0.2) is 33.9 Å². The molecular weight excluding hydrogens is 310 g/mol. The number of nitrogens with one attached hydrogen (secondary N) is 2. The molecule has 2 rings (SSSR count). The number of aromatic amines is 1. The van der Waals surface area contributed by atoms with Crippen molar-refractivity contribution in [2.45, 2.75) is 32.2 Å². The van der Waals surface area contributed by atoms with Gasteiger partial charge in [-0.15, -0.1) is 0 Å². The van der Waals surface area contributed by atoms with Crippen LogP contribution in [0.2, 0.25) is 0 Å². The van der Waals surface area contributed by atoms with Crippen molar-refractivity contribution in [2.24, 2.45) is 0 Å². The van der Waals surface area contributed by atoms with E-state index < -0.39 is 5.69 Å². The van der Waals surface area contributed by atoms with E-state index in [0.29, 0.717) is 49.9 Å². The molecule has 0 radical (unpaired) electrons. The van der Waals surface area contributed by atoms with Crippen LogP contribution in [0.5, 0.6) is 0 Å². The van der Waals surface area contributed by atoms with E-state index in [1.807, 2.05) is 0 Å². The van der Waals surface area contributed by atoms with Gasteiger partial charge in [-0.1, -0.05) is 12.1 Å². The van der Waals surface area contributed by atoms with Gasteiger partial charge in [0.05, 0.1) is 10.9 Å². The lowest BCUT2D eigenvalue weighted by molar-refractivity contribution is -0.121. The largest absolute Gasteiger partial charge is 0.385 e. The summed E-state index contributed by atoms with van der Waals surface area (Å²) in [6.45, 7) is 1.51. The quantitative estimate of drug-likeness (QED) is 0.670. The van der Waals surface area contributed by atoms with Gasteiger partial charge < -0.3 is 15.0 Å². The summed E-state index contributed by atoms with van der Waals surface area (Å²) in [6.07, 6.45) is 2.37. The van der Waals surface area contributed by atoms with Crippen LogP contribution in [0.25, 0.3) is 10.9 Å². The van der Waals surface area contributed by atoms with Crippen molar-refractivity contribution >= 4 is 16.8 Å². The van der Waals surface area contributed by atoms with Gasteiger partial charge in [-0.3, -0.25) is 14.2 Å². The number of aromatic nitrogens is 2. The molecule has 1 heterocycles. The van der Waals surface area contributed by atoms with E-state index in [4.69, 9.17) is 4.74 Å². The number of benzene rings is 1. The Hall–Kier alpha value is -2.41. The highest BCUT2D eigenvalue weighted by molar-refractivity contribution is 5.77. The zero-order valence-corrected chi connectivity index (χ0v) is 13.8. The summed E-state index contributed by atoms with van der Waals surface area (Å²) in [5, 5.41) is 3.30. The van der Waals surface area contributed by atoms with Gasteiger partial charge in [0.15, 0.2) is 0 Å². The van der Waals surface area contributed by atoms with E-state index in [9.17, 15) is 14.4 Å². The van der Waals surface area contributed by atoms with Crippen LogP contribution in [-0.2, 0) is 16.1 Å². The number of amides is 1. The summed E-state index contributed by atoms with van der Waals surface area (Å²) >= 11 is 0. The molecule has 7 nitrogen and oxygen atoms in total. The average molecular weight is 333 g/mol. The van der Waals surface area contributed by atoms with Gasteiger partial charge in [0.1, 0.15) is 0 Å². The second-order valence-electron chi connectivity index (χ2n) is 5.59. The molecule has 0 saturated carbocycles. The number of nitrogens with zero attached hydrogens (tertiary/aromatic N) is 1. The maximum atomic E-state index is 12.3. The highest BCUT2D eigenvalue weighted by Crippen LogP contribution is 2.04. The van der Waals surface area contributed by atoms with Gasteiger partial charge in [-0.05, 0) is 31.4 Å². The van der Waals surface area contributed by atoms with Gasteiger partial charge in [-0.2, -0.15) is 0 Å². The average Bonchev–Trinajstić information content (AvgIpc) is 2.58. The molecule has 0 atom stereocenters. The SMILES string of the molecule is COCCCNC(=O)CCCCn1c(=O)[nH]c2ccccc2c1=O. The Morgan fingerprint density at radius 2 is 2.00 bits per heavy atom. The fraction of sp³-hybridized carbons (Fsp3) is 0.471. The van der Waals surface area contributed by atoms with Crippen molar-refractivity contribution in [1.82, 2.24) is 14.9 Å². The molecule has 2 aromatic rings. The Morgan fingerprint density at radius 1 is 1.21 bits per heavy atom. The number of hydrogen-bond acceptors (Lipinski definition) is 4. The van der Waals surface area contributed by atoms with E-state index in [-0.39, 0.29) is 11.5 Å². The molecule has 24 heavy (non-hydrogen) atoms. The summed E-state index contributed by atoms with van der Waals surface area (Å²) in [6, 6.07) is 6.93. The van der Waals surface area contributed by atoms with Gasteiger partial charge in [0.2, 0.25) is 5.91 Å². The molecule has 1 amide bonds. The normalized spacial score (nSPS) is 10.9. The van der Waals surface area contributed by atoms with E-state index in [2.05, 4.69) is 10.3 Å². The Bertz CT molecular complexity index is 794. The summed E-state index contributed by atoms with van der Waals surface area (Å²) in [5.74, 6) is -0.0223. The molecule has 2 N–H and O–H groups in total. The van der Waals surface area contributed by atoms with Crippen LogP contribution in [0.3, 0.4) is 0 Å². The third-order valence-electron chi connectivity index (χ3n) is 3.77. The maximum Gasteiger partial charge on any atom is 0.328 e. The second-order valence-corrected chi connectivity index (χ2v) is 5.59. The van der Waals surface area contributed by atoms with E-state index >= 15 is 0 Å². The standard InChI is InChI=1S/C17H23N3O4/c1-24-12-6-10-18-15(21)9-4-5-11-20-16(22)13-7-2-3-8-14(13)19-17(20)23/h2-3,7-8H,4-6,9-12H2,1H3,(H,18,21)(H,19,23). The van der Waals surface area contributed by atoms with Crippen LogP contribution in [0, 0.1) is 0 Å². The number of hydrogen-bond donors (Lipinski definition) is 2. The van der Waals surface area contributed by atoms with E-state index in [0.717, 1.165) is 6.42 Å². The molecule has 0 saturated heterocycles. The lowest BCUT2D eigenvalue weighted by Crippen LogP contribution is -2.35. The first-order valence-electron chi connectivity index (χ1n) is 8.11. The van der Waals surface area contributed by atoms with Crippen molar-refractivity contribution in [1.29, 1.82) is 0 Å². The minimum absolute atomic E-state index is 0.0223. The molecule has 7 heteroatoms. The molecule has 0 aliphatic rings. The Labute approximate surface area is 139 Å². The number of rotatable bonds is 9. The topological polar surface area (TPSA) is 93.2 Å². The Morgan fingerprint density at radius 3 is 2.79 bits per heavy atom. The first-order valence-corrected chi connectivity index (χ1v) is 8.11. The van der Waals surface area contributed by atoms with Crippen molar-refractivity contribution in [3.05, 3.63) is 45.1 Å². The van der Waals surface area contributed by atoms with Crippen LogP contribution in [0.1, 0.15) is 25.7 Å². The number of methoxy groups -OCH3 is 1. The fourth-order valence-corrected chi connectivity index (χ4v) is 2.49. The van der Waals surface area contributed by atoms with Crippen molar-refractivity contribution < 1.29 is 9.53 Å². The highest BCUT2D eigenvalue weighted by atomic mass is 16.5. The van der Waals surface area contributed by atoms with Crippen LogP contribution < -0.4 is 16.6 Å². The maximum absolute atomic E-state index is 12.3. The molecule has 1 aromatic carbocycles. The molecule has 0 fully saturated rings. The number of para-hydroxylation sites is 1. The Balaban J connectivity index is 1.85. The minimum atomic E-state index is -0.414. The molecular formula is C17H23N3O4. The van der Waals surface area contributed by atoms with Crippen molar-refractivity contribution in [3.63, 3.8) is 0 Å². The lowest BCUT2D eigenvalue weighted by atomic mass is 10.2. The van der Waals surface area contributed by atoms with Crippen LogP contribution >= 0.6 is 0 Å². The number of carbonyl (C=O) groups is 1.